The van der Waals surface area contributed by atoms with Crippen molar-refractivity contribution < 1.29 is 4.79 Å². The maximum Gasteiger partial charge on any atom is 0.220 e. The SMILES string of the molecule is CC(Cc1ccc(Br)cc1)NC(=O)CC1CCNC1.Cl. The van der Waals surface area contributed by atoms with Crippen molar-refractivity contribution in [3.63, 3.8) is 0 Å². The Hall–Kier alpha value is -0.580. The normalized spacial score (nSPS) is 19.2. The number of carbonyl (C=O) groups excluding carboxylic acids is 1. The minimum Gasteiger partial charge on any atom is -0.353 e. The third-order valence-electron chi connectivity index (χ3n) is 3.50. The summed E-state index contributed by atoms with van der Waals surface area (Å²) in [4.78, 5) is 11.9. The maximum absolute atomic E-state index is 11.9. The maximum atomic E-state index is 11.9. The molecule has 20 heavy (non-hydrogen) atoms. The predicted octanol–water partition coefficient (Wildman–Crippen LogP) is 2.92. The lowest BCUT2D eigenvalue weighted by Crippen LogP contribution is -2.35. The van der Waals surface area contributed by atoms with Crippen molar-refractivity contribution in [2.24, 2.45) is 5.92 Å². The van der Waals surface area contributed by atoms with Gasteiger partial charge in [-0.3, -0.25) is 4.79 Å². The minimum absolute atomic E-state index is 0. The molecule has 0 radical (unpaired) electrons. The van der Waals surface area contributed by atoms with E-state index in [1.165, 1.54) is 5.56 Å². The summed E-state index contributed by atoms with van der Waals surface area (Å²) in [5.74, 6) is 0.693. The van der Waals surface area contributed by atoms with E-state index in [2.05, 4.69) is 45.6 Å². The number of carbonyl (C=O) groups is 1. The highest BCUT2D eigenvalue weighted by Gasteiger charge is 2.18. The highest BCUT2D eigenvalue weighted by molar-refractivity contribution is 9.10. The zero-order valence-corrected chi connectivity index (χ0v) is 14.1. The predicted molar refractivity (Wildman–Crippen MR) is 88.3 cm³/mol. The summed E-state index contributed by atoms with van der Waals surface area (Å²) in [6.45, 7) is 4.09. The molecule has 2 N–H and O–H groups in total. The molecule has 2 rings (SSSR count). The molecule has 1 aromatic carbocycles. The molecule has 112 valence electrons. The third kappa shape index (κ3) is 5.81. The molecule has 0 aromatic heterocycles. The second-order valence-electron chi connectivity index (χ2n) is 5.36. The van der Waals surface area contributed by atoms with Gasteiger partial charge in [0.15, 0.2) is 0 Å². The number of benzene rings is 1. The molecule has 0 saturated carbocycles. The molecule has 1 saturated heterocycles. The standard InChI is InChI=1S/C15H21BrN2O.ClH/c1-11(8-12-2-4-14(16)5-3-12)18-15(19)9-13-6-7-17-10-13;/h2-5,11,13,17H,6-10H2,1H3,(H,18,19);1H. The molecule has 1 heterocycles. The van der Waals surface area contributed by atoms with Gasteiger partial charge >= 0.3 is 0 Å². The molecule has 0 aliphatic carbocycles. The zero-order valence-electron chi connectivity index (χ0n) is 11.7. The minimum atomic E-state index is 0. The lowest BCUT2D eigenvalue weighted by atomic mass is 10.0. The molecular formula is C15H22BrClN2O. The fourth-order valence-electron chi connectivity index (χ4n) is 2.51. The lowest BCUT2D eigenvalue weighted by Gasteiger charge is -2.15. The molecular weight excluding hydrogens is 340 g/mol. The molecule has 0 bridgehead atoms. The van der Waals surface area contributed by atoms with Crippen LogP contribution >= 0.6 is 28.3 Å². The summed E-state index contributed by atoms with van der Waals surface area (Å²) in [5, 5.41) is 6.38. The molecule has 2 atom stereocenters. The van der Waals surface area contributed by atoms with Crippen LogP contribution in [0.4, 0.5) is 0 Å². The van der Waals surface area contributed by atoms with Crippen molar-refractivity contribution in [3.05, 3.63) is 34.3 Å². The van der Waals surface area contributed by atoms with Crippen LogP contribution in [-0.2, 0) is 11.2 Å². The van der Waals surface area contributed by atoms with Gasteiger partial charge in [0.25, 0.3) is 0 Å². The first-order valence-electron chi connectivity index (χ1n) is 6.88. The summed E-state index contributed by atoms with van der Waals surface area (Å²) >= 11 is 3.43. The average molecular weight is 362 g/mol. The van der Waals surface area contributed by atoms with Crippen LogP contribution in [0.3, 0.4) is 0 Å². The van der Waals surface area contributed by atoms with E-state index in [1.54, 1.807) is 0 Å². The van der Waals surface area contributed by atoms with Crippen molar-refractivity contribution in [2.75, 3.05) is 13.1 Å². The molecule has 5 heteroatoms. The van der Waals surface area contributed by atoms with Crippen LogP contribution in [0, 0.1) is 5.92 Å². The first kappa shape index (κ1) is 17.5. The van der Waals surface area contributed by atoms with Crippen LogP contribution in [-0.4, -0.2) is 25.0 Å². The quantitative estimate of drug-likeness (QED) is 0.846. The number of hydrogen-bond acceptors (Lipinski definition) is 2. The number of hydrogen-bond donors (Lipinski definition) is 2. The Morgan fingerprint density at radius 2 is 2.15 bits per heavy atom. The van der Waals surface area contributed by atoms with Gasteiger partial charge in [0, 0.05) is 16.9 Å². The van der Waals surface area contributed by atoms with Crippen LogP contribution in [0.2, 0.25) is 0 Å². The van der Waals surface area contributed by atoms with Gasteiger partial charge in [-0.2, -0.15) is 0 Å². The van der Waals surface area contributed by atoms with Gasteiger partial charge in [0.05, 0.1) is 0 Å². The fraction of sp³-hybridized carbons (Fsp3) is 0.533. The second kappa shape index (κ2) is 8.65. The van der Waals surface area contributed by atoms with Crippen LogP contribution < -0.4 is 10.6 Å². The number of halogens is 2. The van der Waals surface area contributed by atoms with E-state index in [0.29, 0.717) is 12.3 Å². The largest absolute Gasteiger partial charge is 0.353 e. The second-order valence-corrected chi connectivity index (χ2v) is 6.28. The smallest absolute Gasteiger partial charge is 0.220 e. The molecule has 1 aliphatic heterocycles. The summed E-state index contributed by atoms with van der Waals surface area (Å²) in [6, 6.07) is 8.44. The van der Waals surface area contributed by atoms with Crippen molar-refractivity contribution in [1.29, 1.82) is 0 Å². The van der Waals surface area contributed by atoms with Crippen LogP contribution in [0.25, 0.3) is 0 Å². The first-order chi connectivity index (χ1) is 9.13. The van der Waals surface area contributed by atoms with Gasteiger partial charge in [-0.25, -0.2) is 0 Å². The van der Waals surface area contributed by atoms with E-state index in [-0.39, 0.29) is 24.4 Å². The molecule has 1 fully saturated rings. The summed E-state index contributed by atoms with van der Waals surface area (Å²) in [5.41, 5.74) is 1.25. The average Bonchev–Trinajstić information content (AvgIpc) is 2.84. The molecule has 1 amide bonds. The Labute approximate surface area is 135 Å². The first-order valence-corrected chi connectivity index (χ1v) is 7.67. The van der Waals surface area contributed by atoms with E-state index in [9.17, 15) is 4.79 Å². The van der Waals surface area contributed by atoms with Crippen molar-refractivity contribution in [1.82, 2.24) is 10.6 Å². The molecule has 3 nitrogen and oxygen atoms in total. The van der Waals surface area contributed by atoms with Gasteiger partial charge in [-0.05, 0) is 56.5 Å². The van der Waals surface area contributed by atoms with Crippen LogP contribution in [0.5, 0.6) is 0 Å². The van der Waals surface area contributed by atoms with E-state index >= 15 is 0 Å². The third-order valence-corrected chi connectivity index (χ3v) is 4.03. The van der Waals surface area contributed by atoms with Gasteiger partial charge in [-0.1, -0.05) is 28.1 Å². The Morgan fingerprint density at radius 1 is 1.45 bits per heavy atom. The van der Waals surface area contributed by atoms with Crippen LogP contribution in [0.1, 0.15) is 25.3 Å². The highest BCUT2D eigenvalue weighted by Crippen LogP contribution is 2.13. The Morgan fingerprint density at radius 3 is 2.75 bits per heavy atom. The molecule has 1 aliphatic rings. The summed E-state index contributed by atoms with van der Waals surface area (Å²) < 4.78 is 1.08. The van der Waals surface area contributed by atoms with Crippen molar-refractivity contribution >= 4 is 34.2 Å². The molecule has 2 unspecified atom stereocenters. The van der Waals surface area contributed by atoms with Gasteiger partial charge < -0.3 is 10.6 Å². The van der Waals surface area contributed by atoms with Gasteiger partial charge in [0.1, 0.15) is 0 Å². The van der Waals surface area contributed by atoms with Gasteiger partial charge in [0.2, 0.25) is 5.91 Å². The molecule has 1 aromatic rings. The zero-order chi connectivity index (χ0) is 13.7. The van der Waals surface area contributed by atoms with E-state index in [0.717, 1.165) is 30.4 Å². The Kier molecular flexibility index (Phi) is 7.56. The van der Waals surface area contributed by atoms with Crippen molar-refractivity contribution in [3.8, 4) is 0 Å². The highest BCUT2D eigenvalue weighted by atomic mass is 79.9. The summed E-state index contributed by atoms with van der Waals surface area (Å²) in [6.07, 6.45) is 2.65. The molecule has 0 spiro atoms. The number of rotatable bonds is 5. The number of amides is 1. The lowest BCUT2D eigenvalue weighted by molar-refractivity contribution is -0.122. The summed E-state index contributed by atoms with van der Waals surface area (Å²) in [7, 11) is 0. The van der Waals surface area contributed by atoms with Crippen molar-refractivity contribution in [2.45, 2.75) is 32.2 Å². The Balaban J connectivity index is 0.00000200. The van der Waals surface area contributed by atoms with E-state index < -0.39 is 0 Å². The fourth-order valence-corrected chi connectivity index (χ4v) is 2.77. The van der Waals surface area contributed by atoms with Gasteiger partial charge in [-0.15, -0.1) is 12.4 Å². The number of nitrogens with one attached hydrogen (secondary N) is 2. The Bertz CT molecular complexity index is 418. The van der Waals surface area contributed by atoms with Crippen LogP contribution in [0.15, 0.2) is 28.7 Å². The van der Waals surface area contributed by atoms with E-state index in [4.69, 9.17) is 0 Å². The topological polar surface area (TPSA) is 41.1 Å². The van der Waals surface area contributed by atoms with E-state index in [1.807, 2.05) is 12.1 Å². The monoisotopic (exact) mass is 360 g/mol.